The van der Waals surface area contributed by atoms with Crippen molar-refractivity contribution >= 4 is 0 Å². The van der Waals surface area contributed by atoms with E-state index in [2.05, 4.69) is 39.8 Å². The second kappa shape index (κ2) is 9.59. The van der Waals surface area contributed by atoms with E-state index in [1.165, 1.54) is 32.1 Å². The van der Waals surface area contributed by atoms with Crippen LogP contribution in [0, 0.1) is 51.8 Å². The summed E-state index contributed by atoms with van der Waals surface area (Å²) in [6, 6.07) is 9.65. The zero-order valence-electron chi connectivity index (χ0n) is 23.0. The van der Waals surface area contributed by atoms with Gasteiger partial charge in [-0.3, -0.25) is 0 Å². The van der Waals surface area contributed by atoms with E-state index in [4.69, 9.17) is 0 Å². The molecule has 0 amide bonds. The van der Waals surface area contributed by atoms with Crippen molar-refractivity contribution in [1.82, 2.24) is 0 Å². The van der Waals surface area contributed by atoms with Crippen molar-refractivity contribution in [1.29, 1.82) is 5.26 Å². The van der Waals surface area contributed by atoms with Crippen LogP contribution in [0.4, 0.5) is 0 Å². The molecule has 3 saturated carbocycles. The van der Waals surface area contributed by atoms with Gasteiger partial charge in [0.2, 0.25) is 0 Å². The van der Waals surface area contributed by atoms with Gasteiger partial charge >= 0.3 is 0 Å². The molecule has 196 valence electrons. The molecule has 4 aliphatic carbocycles. The Labute approximate surface area is 219 Å². The summed E-state index contributed by atoms with van der Waals surface area (Å²) in [7, 11) is 0. The van der Waals surface area contributed by atoms with Gasteiger partial charge in [0.1, 0.15) is 0 Å². The van der Waals surface area contributed by atoms with E-state index < -0.39 is 11.7 Å². The summed E-state index contributed by atoms with van der Waals surface area (Å²) in [6.07, 6.45) is 14.3. The molecule has 1 aromatic rings. The third kappa shape index (κ3) is 4.27. The molecule has 0 spiro atoms. The molecule has 1 aromatic carbocycles. The molecular formula is C33H47NO2. The number of aliphatic hydroxyl groups is 2. The Morgan fingerprint density at radius 3 is 2.64 bits per heavy atom. The predicted molar refractivity (Wildman–Crippen MR) is 145 cm³/mol. The van der Waals surface area contributed by atoms with E-state index in [1.807, 2.05) is 18.2 Å². The van der Waals surface area contributed by atoms with Gasteiger partial charge in [0, 0.05) is 0 Å². The minimum Gasteiger partial charge on any atom is -0.390 e. The lowest BCUT2D eigenvalue weighted by Gasteiger charge is -2.59. The Hall–Kier alpha value is -1.63. The Bertz CT molecular complexity index is 1040. The molecule has 2 N–H and O–H groups in total. The Morgan fingerprint density at radius 2 is 1.89 bits per heavy atom. The summed E-state index contributed by atoms with van der Waals surface area (Å²) in [5, 5.41) is 31.1. The number of fused-ring (bicyclic) bond motifs is 5. The largest absolute Gasteiger partial charge is 0.390 e. The zero-order chi connectivity index (χ0) is 25.7. The van der Waals surface area contributed by atoms with E-state index in [0.717, 1.165) is 67.8 Å². The van der Waals surface area contributed by atoms with Crippen LogP contribution in [0.15, 0.2) is 35.9 Å². The predicted octanol–water partition coefficient (Wildman–Crippen LogP) is 7.73. The molecule has 3 fully saturated rings. The lowest BCUT2D eigenvalue weighted by Crippen LogP contribution is -2.52. The molecule has 2 unspecified atom stereocenters. The number of rotatable bonds is 6. The Kier molecular flexibility index (Phi) is 6.93. The fourth-order valence-electron chi connectivity index (χ4n) is 9.59. The molecule has 36 heavy (non-hydrogen) atoms. The van der Waals surface area contributed by atoms with Crippen molar-refractivity contribution in [3.63, 3.8) is 0 Å². The normalized spacial score (nSPS) is 41.3. The van der Waals surface area contributed by atoms with Crippen LogP contribution in [0.2, 0.25) is 0 Å². The van der Waals surface area contributed by atoms with Gasteiger partial charge in [-0.2, -0.15) is 5.26 Å². The summed E-state index contributed by atoms with van der Waals surface area (Å²) in [5.74, 6) is 3.71. The molecule has 4 aliphatic rings. The highest BCUT2D eigenvalue weighted by atomic mass is 16.3. The highest BCUT2D eigenvalue weighted by Crippen LogP contribution is 2.67. The standard InChI is InChI=1S/C33H47NO2/c1-5-33(36)18-17-31(3)25(20-33)10-11-26-28-13-12-27(32(28,4)16-15-29(26)31)22(2)9-14-30(35)24-8-6-7-23(19-24)21-34/h6-8,10,19,22,26-30,35-36H,5,9,11-18,20H2,1-4H3/t22-,26+,27-,28+,29?,30?,31+,32-,33+/m1/s1. The summed E-state index contributed by atoms with van der Waals surface area (Å²) in [5.41, 5.74) is 3.29. The molecule has 0 bridgehead atoms. The highest BCUT2D eigenvalue weighted by molar-refractivity contribution is 5.33. The van der Waals surface area contributed by atoms with Crippen molar-refractivity contribution in [2.75, 3.05) is 0 Å². The topological polar surface area (TPSA) is 64.2 Å². The number of allylic oxidation sites excluding steroid dienone is 1. The second-order valence-corrected chi connectivity index (χ2v) is 13.6. The molecule has 0 saturated heterocycles. The maximum atomic E-state index is 11.0. The smallest absolute Gasteiger partial charge is 0.0991 e. The van der Waals surface area contributed by atoms with Gasteiger partial charge in [0.25, 0.3) is 0 Å². The average Bonchev–Trinajstić information content (AvgIpc) is 3.25. The minimum absolute atomic E-state index is 0.289. The van der Waals surface area contributed by atoms with Crippen LogP contribution in [0.1, 0.15) is 116 Å². The van der Waals surface area contributed by atoms with Crippen LogP contribution in [-0.4, -0.2) is 15.8 Å². The highest BCUT2D eigenvalue weighted by Gasteiger charge is 2.59. The monoisotopic (exact) mass is 489 g/mol. The number of nitrogens with zero attached hydrogens (tertiary/aromatic N) is 1. The van der Waals surface area contributed by atoms with Crippen LogP contribution in [0.5, 0.6) is 0 Å². The quantitative estimate of drug-likeness (QED) is 0.402. The SMILES string of the molecule is CC[C@]1(O)CC[C@@]2(C)C(=CC[C@@H]3C2CC[C@]2(C)[C@@H]([C@H](C)CCC(O)c4cccc(C#N)c4)CC[C@@H]32)C1. The molecule has 9 atom stereocenters. The van der Waals surface area contributed by atoms with E-state index in [0.29, 0.717) is 16.9 Å². The van der Waals surface area contributed by atoms with Gasteiger partial charge in [-0.15, -0.1) is 0 Å². The summed E-state index contributed by atoms with van der Waals surface area (Å²) in [6.45, 7) is 9.71. The van der Waals surface area contributed by atoms with Gasteiger partial charge < -0.3 is 10.2 Å². The Balaban J connectivity index is 1.27. The number of nitriles is 1. The van der Waals surface area contributed by atoms with Gasteiger partial charge in [-0.05, 0) is 129 Å². The first-order chi connectivity index (χ1) is 17.1. The molecule has 0 heterocycles. The van der Waals surface area contributed by atoms with Crippen LogP contribution < -0.4 is 0 Å². The minimum atomic E-state index is -0.489. The number of benzene rings is 1. The number of aliphatic hydroxyl groups excluding tert-OH is 1. The first-order valence-electron chi connectivity index (χ1n) is 14.7. The van der Waals surface area contributed by atoms with E-state index in [1.54, 1.807) is 11.6 Å². The van der Waals surface area contributed by atoms with Crippen molar-refractivity contribution in [3.05, 3.63) is 47.0 Å². The lowest BCUT2D eigenvalue weighted by molar-refractivity contribution is -0.0757. The molecule has 5 rings (SSSR count). The van der Waals surface area contributed by atoms with Crippen molar-refractivity contribution < 1.29 is 10.2 Å². The van der Waals surface area contributed by atoms with Gasteiger partial charge in [0.15, 0.2) is 0 Å². The summed E-state index contributed by atoms with van der Waals surface area (Å²) < 4.78 is 0. The van der Waals surface area contributed by atoms with Crippen LogP contribution in [0.3, 0.4) is 0 Å². The van der Waals surface area contributed by atoms with E-state index in [-0.39, 0.29) is 5.41 Å². The van der Waals surface area contributed by atoms with Crippen molar-refractivity contribution in [2.45, 2.75) is 110 Å². The first-order valence-corrected chi connectivity index (χ1v) is 14.7. The molecule has 3 nitrogen and oxygen atoms in total. The molecule has 0 aliphatic heterocycles. The lowest BCUT2D eigenvalue weighted by atomic mass is 9.46. The van der Waals surface area contributed by atoms with Gasteiger partial charge in [0.05, 0.1) is 23.3 Å². The molecule has 0 radical (unpaired) electrons. The third-order valence-corrected chi connectivity index (χ3v) is 12.0. The van der Waals surface area contributed by atoms with Gasteiger partial charge in [-0.1, -0.05) is 51.5 Å². The van der Waals surface area contributed by atoms with Crippen molar-refractivity contribution in [2.24, 2.45) is 40.4 Å². The van der Waals surface area contributed by atoms with Crippen LogP contribution in [0.25, 0.3) is 0 Å². The maximum absolute atomic E-state index is 11.0. The summed E-state index contributed by atoms with van der Waals surface area (Å²) in [4.78, 5) is 0. The Morgan fingerprint density at radius 1 is 1.08 bits per heavy atom. The average molecular weight is 490 g/mol. The molecular weight excluding hydrogens is 442 g/mol. The molecule has 3 heteroatoms. The van der Waals surface area contributed by atoms with Crippen LogP contribution >= 0.6 is 0 Å². The fraction of sp³-hybridized carbons (Fsp3) is 0.727. The van der Waals surface area contributed by atoms with Crippen LogP contribution in [-0.2, 0) is 0 Å². The number of hydrogen-bond acceptors (Lipinski definition) is 3. The van der Waals surface area contributed by atoms with E-state index >= 15 is 0 Å². The third-order valence-electron chi connectivity index (χ3n) is 12.0. The summed E-state index contributed by atoms with van der Waals surface area (Å²) >= 11 is 0. The second-order valence-electron chi connectivity index (χ2n) is 13.6. The first kappa shape index (κ1) is 26.0. The fourth-order valence-corrected chi connectivity index (χ4v) is 9.59. The zero-order valence-corrected chi connectivity index (χ0v) is 23.0. The maximum Gasteiger partial charge on any atom is 0.0991 e. The number of hydrogen-bond donors (Lipinski definition) is 2. The van der Waals surface area contributed by atoms with Gasteiger partial charge in [-0.25, -0.2) is 0 Å². The van der Waals surface area contributed by atoms with Crippen molar-refractivity contribution in [3.8, 4) is 6.07 Å². The molecule has 0 aromatic heterocycles. The van der Waals surface area contributed by atoms with E-state index in [9.17, 15) is 15.5 Å².